The predicted molar refractivity (Wildman–Crippen MR) is 112 cm³/mol. The summed E-state index contributed by atoms with van der Waals surface area (Å²) in [5.41, 5.74) is 1.07. The zero-order chi connectivity index (χ0) is 20.4. The summed E-state index contributed by atoms with van der Waals surface area (Å²) < 4.78 is 11.0. The number of methoxy groups -OCH3 is 1. The molecule has 1 saturated heterocycles. The fourth-order valence-corrected chi connectivity index (χ4v) is 3.39. The highest BCUT2D eigenvalue weighted by atomic mass is 16.5. The standard InChI is InChI=1S/C21H34N4O3/c1-5-23-21(25-11-9-16(10-12-25)14-20(26)22-3)24-15-17-7-8-18(28-6-2)19(13-17)27-4/h7-8,13,16H,5-6,9-12,14-15H2,1-4H3,(H,22,26)(H,23,24). The second-order valence-corrected chi connectivity index (χ2v) is 6.90. The van der Waals surface area contributed by atoms with Gasteiger partial charge in [0, 0.05) is 33.1 Å². The number of aliphatic imine (C=N–C) groups is 1. The van der Waals surface area contributed by atoms with Crippen LogP contribution in [-0.4, -0.2) is 57.2 Å². The lowest BCUT2D eigenvalue weighted by Crippen LogP contribution is -2.46. The lowest BCUT2D eigenvalue weighted by molar-refractivity contribution is -0.121. The number of benzene rings is 1. The van der Waals surface area contributed by atoms with Gasteiger partial charge in [0.15, 0.2) is 17.5 Å². The molecule has 2 rings (SSSR count). The number of hydrogen-bond donors (Lipinski definition) is 2. The molecular weight excluding hydrogens is 356 g/mol. The van der Waals surface area contributed by atoms with Gasteiger partial charge in [-0.1, -0.05) is 6.07 Å². The van der Waals surface area contributed by atoms with Crippen LogP contribution in [0, 0.1) is 5.92 Å². The Hall–Kier alpha value is -2.44. The normalized spacial score (nSPS) is 15.3. The maximum atomic E-state index is 11.6. The van der Waals surface area contributed by atoms with Crippen molar-refractivity contribution in [3.8, 4) is 11.5 Å². The Balaban J connectivity index is 2.00. The van der Waals surface area contributed by atoms with Gasteiger partial charge >= 0.3 is 0 Å². The predicted octanol–water partition coefficient (Wildman–Crippen LogP) is 2.41. The summed E-state index contributed by atoms with van der Waals surface area (Å²) in [5, 5.41) is 6.11. The molecule has 1 amide bonds. The number of hydrogen-bond acceptors (Lipinski definition) is 4. The number of piperidine rings is 1. The first-order valence-corrected chi connectivity index (χ1v) is 10.1. The van der Waals surface area contributed by atoms with Crippen molar-refractivity contribution in [2.45, 2.75) is 39.7 Å². The SMILES string of the molecule is CCNC(=NCc1ccc(OCC)c(OC)c1)N1CCC(CC(=O)NC)CC1. The molecule has 1 fully saturated rings. The Morgan fingerprint density at radius 1 is 1.25 bits per heavy atom. The van der Waals surface area contributed by atoms with Crippen LogP contribution in [0.15, 0.2) is 23.2 Å². The molecule has 1 aromatic carbocycles. The minimum atomic E-state index is 0.128. The summed E-state index contributed by atoms with van der Waals surface area (Å²) in [4.78, 5) is 18.7. The average Bonchev–Trinajstić information content (AvgIpc) is 2.72. The minimum absolute atomic E-state index is 0.128. The number of nitrogens with zero attached hydrogens (tertiary/aromatic N) is 2. The van der Waals surface area contributed by atoms with Gasteiger partial charge < -0.3 is 25.0 Å². The summed E-state index contributed by atoms with van der Waals surface area (Å²) in [5.74, 6) is 2.99. The highest BCUT2D eigenvalue weighted by Gasteiger charge is 2.23. The van der Waals surface area contributed by atoms with E-state index >= 15 is 0 Å². The van der Waals surface area contributed by atoms with Crippen molar-refractivity contribution in [3.05, 3.63) is 23.8 Å². The number of rotatable bonds is 8. The van der Waals surface area contributed by atoms with Gasteiger partial charge in [-0.05, 0) is 50.3 Å². The molecule has 0 spiro atoms. The first-order chi connectivity index (χ1) is 13.6. The van der Waals surface area contributed by atoms with Gasteiger partial charge in [-0.15, -0.1) is 0 Å². The van der Waals surface area contributed by atoms with E-state index in [9.17, 15) is 4.79 Å². The molecule has 156 valence electrons. The van der Waals surface area contributed by atoms with E-state index in [4.69, 9.17) is 14.5 Å². The van der Waals surface area contributed by atoms with Crippen molar-refractivity contribution in [2.24, 2.45) is 10.9 Å². The summed E-state index contributed by atoms with van der Waals surface area (Å²) in [6.07, 6.45) is 2.63. The molecule has 0 aliphatic carbocycles. The molecule has 0 atom stereocenters. The van der Waals surface area contributed by atoms with E-state index in [1.165, 1.54) is 0 Å². The molecule has 28 heavy (non-hydrogen) atoms. The maximum absolute atomic E-state index is 11.6. The number of amides is 1. The third-order valence-electron chi connectivity index (χ3n) is 4.94. The van der Waals surface area contributed by atoms with Crippen molar-refractivity contribution < 1.29 is 14.3 Å². The van der Waals surface area contributed by atoms with Crippen LogP contribution in [0.3, 0.4) is 0 Å². The minimum Gasteiger partial charge on any atom is -0.493 e. The largest absolute Gasteiger partial charge is 0.493 e. The number of carbonyl (C=O) groups is 1. The number of guanidine groups is 1. The zero-order valence-corrected chi connectivity index (χ0v) is 17.6. The molecule has 0 radical (unpaired) electrons. The van der Waals surface area contributed by atoms with Crippen LogP contribution < -0.4 is 20.1 Å². The molecule has 1 heterocycles. The number of carbonyl (C=O) groups excluding carboxylic acids is 1. The van der Waals surface area contributed by atoms with E-state index in [2.05, 4.69) is 22.5 Å². The quantitative estimate of drug-likeness (QED) is 0.527. The van der Waals surface area contributed by atoms with Gasteiger partial charge in [-0.2, -0.15) is 0 Å². The molecule has 7 nitrogen and oxygen atoms in total. The van der Waals surface area contributed by atoms with E-state index in [1.54, 1.807) is 14.2 Å². The van der Waals surface area contributed by atoms with Gasteiger partial charge in [-0.25, -0.2) is 4.99 Å². The Morgan fingerprint density at radius 3 is 2.61 bits per heavy atom. The van der Waals surface area contributed by atoms with Gasteiger partial charge in [0.25, 0.3) is 0 Å². The van der Waals surface area contributed by atoms with Crippen molar-refractivity contribution in [1.29, 1.82) is 0 Å². The fraction of sp³-hybridized carbons (Fsp3) is 0.619. The van der Waals surface area contributed by atoms with E-state index in [0.29, 0.717) is 25.5 Å². The van der Waals surface area contributed by atoms with Crippen LogP contribution in [0.2, 0.25) is 0 Å². The van der Waals surface area contributed by atoms with Crippen molar-refractivity contribution >= 4 is 11.9 Å². The Kier molecular flexibility index (Phi) is 8.91. The lowest BCUT2D eigenvalue weighted by Gasteiger charge is -2.34. The van der Waals surface area contributed by atoms with Crippen LogP contribution in [-0.2, 0) is 11.3 Å². The molecule has 1 aromatic rings. The van der Waals surface area contributed by atoms with E-state index < -0.39 is 0 Å². The Bertz CT molecular complexity index is 655. The smallest absolute Gasteiger partial charge is 0.220 e. The molecule has 1 aliphatic rings. The fourth-order valence-electron chi connectivity index (χ4n) is 3.39. The van der Waals surface area contributed by atoms with Crippen molar-refractivity contribution in [2.75, 3.05) is 40.4 Å². The van der Waals surface area contributed by atoms with Gasteiger partial charge in [0.1, 0.15) is 0 Å². The third kappa shape index (κ3) is 6.32. The van der Waals surface area contributed by atoms with E-state index in [0.717, 1.165) is 55.5 Å². The topological polar surface area (TPSA) is 75.2 Å². The average molecular weight is 391 g/mol. The molecule has 2 N–H and O–H groups in total. The zero-order valence-electron chi connectivity index (χ0n) is 17.6. The van der Waals surface area contributed by atoms with Crippen LogP contribution >= 0.6 is 0 Å². The monoisotopic (exact) mass is 390 g/mol. The molecule has 7 heteroatoms. The van der Waals surface area contributed by atoms with Gasteiger partial charge in [-0.3, -0.25) is 4.79 Å². The molecular formula is C21H34N4O3. The maximum Gasteiger partial charge on any atom is 0.220 e. The second-order valence-electron chi connectivity index (χ2n) is 6.90. The molecule has 1 aliphatic heterocycles. The lowest BCUT2D eigenvalue weighted by atomic mass is 9.93. The van der Waals surface area contributed by atoms with Crippen LogP contribution in [0.5, 0.6) is 11.5 Å². The molecule has 0 saturated carbocycles. The number of likely N-dealkylation sites (tertiary alicyclic amines) is 1. The summed E-state index contributed by atoms with van der Waals surface area (Å²) in [6.45, 7) is 7.87. The second kappa shape index (κ2) is 11.4. The highest BCUT2D eigenvalue weighted by Crippen LogP contribution is 2.28. The van der Waals surface area contributed by atoms with Crippen LogP contribution in [0.1, 0.15) is 38.7 Å². The molecule has 0 bridgehead atoms. The number of ether oxygens (including phenoxy) is 2. The van der Waals surface area contributed by atoms with Gasteiger partial charge in [0.05, 0.1) is 20.3 Å². The first-order valence-electron chi connectivity index (χ1n) is 10.1. The summed E-state index contributed by atoms with van der Waals surface area (Å²) in [6, 6.07) is 5.94. The first kappa shape index (κ1) is 21.9. The van der Waals surface area contributed by atoms with Crippen LogP contribution in [0.4, 0.5) is 0 Å². The molecule has 0 aromatic heterocycles. The third-order valence-corrected chi connectivity index (χ3v) is 4.94. The number of nitrogens with one attached hydrogen (secondary N) is 2. The van der Waals surface area contributed by atoms with E-state index in [-0.39, 0.29) is 5.91 Å². The summed E-state index contributed by atoms with van der Waals surface area (Å²) >= 11 is 0. The Labute approximate surface area is 168 Å². The van der Waals surface area contributed by atoms with E-state index in [1.807, 2.05) is 25.1 Å². The van der Waals surface area contributed by atoms with Crippen LogP contribution in [0.25, 0.3) is 0 Å². The van der Waals surface area contributed by atoms with Crippen molar-refractivity contribution in [1.82, 2.24) is 15.5 Å². The molecule has 0 unspecified atom stereocenters. The Morgan fingerprint density at radius 2 is 2.00 bits per heavy atom. The summed E-state index contributed by atoms with van der Waals surface area (Å²) in [7, 11) is 3.35. The van der Waals surface area contributed by atoms with Crippen molar-refractivity contribution in [3.63, 3.8) is 0 Å². The van der Waals surface area contributed by atoms with Gasteiger partial charge in [0.2, 0.25) is 5.91 Å². The highest BCUT2D eigenvalue weighted by molar-refractivity contribution is 5.80.